The van der Waals surface area contributed by atoms with E-state index in [1.54, 1.807) is 0 Å². The molecule has 8 nitrogen and oxygen atoms in total. The van der Waals surface area contributed by atoms with Crippen LogP contribution < -0.4 is 29.6 Å². The Morgan fingerprint density at radius 2 is 1.18 bits per heavy atom. The van der Waals surface area contributed by atoms with Crippen LogP contribution >= 0.6 is 0 Å². The van der Waals surface area contributed by atoms with Gasteiger partial charge >= 0.3 is 29.6 Å². The predicted molar refractivity (Wildman–Crippen MR) is 135 cm³/mol. The normalized spacial score (nSPS) is 23.5. The molecular formula is C28H31NaO8S. The van der Waals surface area contributed by atoms with E-state index in [0.717, 1.165) is 16.7 Å². The fraction of sp³-hybridized carbons (Fsp3) is 0.357. The molecule has 1 aliphatic heterocycles. The number of hydrogen-bond acceptors (Lipinski definition) is 8. The minimum atomic E-state index is -4.89. The number of hydrogen-bond donors (Lipinski definition) is 0. The van der Waals surface area contributed by atoms with Gasteiger partial charge < -0.3 is 28.2 Å². The molecule has 10 heteroatoms. The SMILES string of the molecule is CO[C@H]1O[C@H](COCc2ccccc2)[C@H](S(=O)(=O)[O-])[C@H](OCc2ccccc2)[C@H]1OCc1ccccc1.[Na+]. The van der Waals surface area contributed by atoms with Crippen molar-refractivity contribution in [1.29, 1.82) is 0 Å². The first kappa shape index (κ1) is 30.9. The van der Waals surface area contributed by atoms with E-state index in [1.807, 2.05) is 91.0 Å². The maximum Gasteiger partial charge on any atom is 1.00 e. The van der Waals surface area contributed by atoms with Crippen molar-refractivity contribution in [2.24, 2.45) is 0 Å². The number of benzene rings is 3. The van der Waals surface area contributed by atoms with Crippen molar-refractivity contribution in [1.82, 2.24) is 0 Å². The zero-order valence-electron chi connectivity index (χ0n) is 21.5. The van der Waals surface area contributed by atoms with E-state index in [9.17, 15) is 13.0 Å². The molecular weight excluding hydrogens is 519 g/mol. The topological polar surface area (TPSA) is 103 Å². The van der Waals surface area contributed by atoms with Crippen molar-refractivity contribution < 1.29 is 66.2 Å². The molecule has 0 radical (unpaired) electrons. The molecule has 5 atom stereocenters. The Kier molecular flexibility index (Phi) is 12.4. The van der Waals surface area contributed by atoms with Gasteiger partial charge in [0.05, 0.1) is 26.4 Å². The molecule has 0 bridgehead atoms. The molecule has 3 aromatic rings. The summed E-state index contributed by atoms with van der Waals surface area (Å²) >= 11 is 0. The van der Waals surface area contributed by atoms with Gasteiger partial charge in [-0.3, -0.25) is 0 Å². The van der Waals surface area contributed by atoms with Gasteiger partial charge in [-0.25, -0.2) is 8.42 Å². The molecule has 0 amide bonds. The third-order valence-corrected chi connectivity index (χ3v) is 7.36. The third kappa shape index (κ3) is 8.69. The molecule has 4 rings (SSSR count). The van der Waals surface area contributed by atoms with Crippen LogP contribution in [0.15, 0.2) is 91.0 Å². The zero-order chi connectivity index (χ0) is 26.1. The van der Waals surface area contributed by atoms with Crippen molar-refractivity contribution in [3.05, 3.63) is 108 Å². The van der Waals surface area contributed by atoms with Gasteiger partial charge in [0.1, 0.15) is 33.7 Å². The molecule has 1 saturated heterocycles. The van der Waals surface area contributed by atoms with E-state index in [1.165, 1.54) is 7.11 Å². The Balaban J connectivity index is 0.00000400. The van der Waals surface area contributed by atoms with Crippen molar-refractivity contribution in [3.8, 4) is 0 Å². The van der Waals surface area contributed by atoms with E-state index in [4.69, 9.17) is 23.7 Å². The van der Waals surface area contributed by atoms with Crippen LogP contribution in [-0.4, -0.2) is 56.5 Å². The summed E-state index contributed by atoms with van der Waals surface area (Å²) in [5, 5.41) is -1.57. The molecule has 1 fully saturated rings. The average Bonchev–Trinajstić information content (AvgIpc) is 2.91. The van der Waals surface area contributed by atoms with Crippen LogP contribution in [0.4, 0.5) is 0 Å². The fourth-order valence-electron chi connectivity index (χ4n) is 4.32. The largest absolute Gasteiger partial charge is 1.00 e. The molecule has 0 N–H and O–H groups in total. The summed E-state index contributed by atoms with van der Waals surface area (Å²) in [6.45, 7) is 0.322. The van der Waals surface area contributed by atoms with Gasteiger partial charge in [0.2, 0.25) is 0 Å². The summed E-state index contributed by atoms with van der Waals surface area (Å²) in [5.41, 5.74) is 2.60. The second-order valence-corrected chi connectivity index (χ2v) is 10.3. The Morgan fingerprint density at radius 1 is 0.737 bits per heavy atom. The molecule has 198 valence electrons. The van der Waals surface area contributed by atoms with Crippen molar-refractivity contribution in [3.63, 3.8) is 0 Å². The Morgan fingerprint density at radius 3 is 1.63 bits per heavy atom. The number of ether oxygens (including phenoxy) is 5. The zero-order valence-corrected chi connectivity index (χ0v) is 24.4. The summed E-state index contributed by atoms with van der Waals surface area (Å²) < 4.78 is 67.3. The molecule has 0 aliphatic carbocycles. The van der Waals surface area contributed by atoms with Gasteiger partial charge in [-0.2, -0.15) is 0 Å². The van der Waals surface area contributed by atoms with E-state index in [-0.39, 0.29) is 56.0 Å². The molecule has 0 saturated carbocycles. The molecule has 38 heavy (non-hydrogen) atoms. The Hall–Kier alpha value is -1.63. The summed E-state index contributed by atoms with van der Waals surface area (Å²) in [6.07, 6.45) is -4.23. The first-order valence-electron chi connectivity index (χ1n) is 12.0. The van der Waals surface area contributed by atoms with Crippen LogP contribution in [0.1, 0.15) is 16.7 Å². The number of rotatable bonds is 12. The Bertz CT molecular complexity index is 1180. The molecule has 1 aliphatic rings. The number of methoxy groups -OCH3 is 1. The molecule has 0 aromatic heterocycles. The first-order chi connectivity index (χ1) is 18.0. The standard InChI is InChI=1S/C28H32O8S.Na/c1-32-28-26(35-19-23-15-9-4-10-16-23)25(34-18-22-13-7-3-8-14-22)27(37(29,30)31)24(36-28)20-33-17-21-11-5-2-6-12-21;/h2-16,24-28H,17-20H2,1H3,(H,29,30,31);/q;+1/p-1/t24-,25-,26-,27+,28+;/m1./s1. The van der Waals surface area contributed by atoms with E-state index in [2.05, 4.69) is 0 Å². The third-order valence-electron chi connectivity index (χ3n) is 6.12. The second-order valence-electron chi connectivity index (χ2n) is 8.76. The minimum Gasteiger partial charge on any atom is -0.748 e. The van der Waals surface area contributed by atoms with Crippen LogP contribution in [0, 0.1) is 0 Å². The van der Waals surface area contributed by atoms with Gasteiger partial charge in [0.25, 0.3) is 0 Å². The second kappa shape index (κ2) is 15.2. The summed E-state index contributed by atoms with van der Waals surface area (Å²) in [4.78, 5) is 0. The monoisotopic (exact) mass is 550 g/mol. The van der Waals surface area contributed by atoms with Gasteiger partial charge in [0.15, 0.2) is 6.29 Å². The van der Waals surface area contributed by atoms with Gasteiger partial charge in [-0.05, 0) is 16.7 Å². The summed E-state index contributed by atoms with van der Waals surface area (Å²) in [6, 6.07) is 28.1. The van der Waals surface area contributed by atoms with Crippen molar-refractivity contribution in [2.45, 2.75) is 49.7 Å². The minimum absolute atomic E-state index is 0. The summed E-state index contributed by atoms with van der Waals surface area (Å²) in [5.74, 6) is 0. The van der Waals surface area contributed by atoms with Crippen molar-refractivity contribution >= 4 is 10.1 Å². The summed E-state index contributed by atoms with van der Waals surface area (Å²) in [7, 11) is -3.45. The van der Waals surface area contributed by atoms with Crippen LogP contribution in [-0.2, 0) is 53.6 Å². The average molecular weight is 551 g/mol. The van der Waals surface area contributed by atoms with E-state index >= 15 is 0 Å². The van der Waals surface area contributed by atoms with Crippen LogP contribution in [0.25, 0.3) is 0 Å². The molecule has 3 aromatic carbocycles. The van der Waals surface area contributed by atoms with Crippen LogP contribution in [0.2, 0.25) is 0 Å². The molecule has 0 unspecified atom stereocenters. The van der Waals surface area contributed by atoms with Gasteiger partial charge in [-0.1, -0.05) is 91.0 Å². The first-order valence-corrected chi connectivity index (χ1v) is 13.5. The van der Waals surface area contributed by atoms with E-state index in [0.29, 0.717) is 0 Å². The Labute approximate surface area is 246 Å². The predicted octanol–water partition coefficient (Wildman–Crippen LogP) is 0.663. The molecule has 1 heterocycles. The van der Waals surface area contributed by atoms with Gasteiger partial charge in [0, 0.05) is 7.11 Å². The van der Waals surface area contributed by atoms with E-state index < -0.39 is 40.0 Å². The maximum absolute atomic E-state index is 12.6. The maximum atomic E-state index is 12.6. The van der Waals surface area contributed by atoms with Crippen LogP contribution in [0.5, 0.6) is 0 Å². The molecule has 0 spiro atoms. The quantitative estimate of drug-likeness (QED) is 0.240. The smallest absolute Gasteiger partial charge is 0.748 e. The fourth-order valence-corrected chi connectivity index (χ4v) is 5.39. The van der Waals surface area contributed by atoms with Crippen molar-refractivity contribution in [2.75, 3.05) is 13.7 Å². The van der Waals surface area contributed by atoms with Gasteiger partial charge in [-0.15, -0.1) is 0 Å². The van der Waals surface area contributed by atoms with Crippen LogP contribution in [0.3, 0.4) is 0 Å².